The van der Waals surface area contributed by atoms with Crippen LogP contribution in [0.4, 0.5) is 0 Å². The molecule has 0 radical (unpaired) electrons. The van der Waals surface area contributed by atoms with Gasteiger partial charge in [-0.15, -0.1) is 11.3 Å². The first-order chi connectivity index (χ1) is 14.4. The van der Waals surface area contributed by atoms with Gasteiger partial charge < -0.3 is 9.88 Å². The third-order valence-electron chi connectivity index (χ3n) is 6.58. The fourth-order valence-corrected chi connectivity index (χ4v) is 5.23. The molecule has 0 aromatic carbocycles. The number of amides is 1. The van der Waals surface area contributed by atoms with E-state index in [9.17, 15) is 9.59 Å². The van der Waals surface area contributed by atoms with Gasteiger partial charge in [-0.05, 0) is 43.2 Å². The first kappa shape index (κ1) is 21.2. The van der Waals surface area contributed by atoms with Crippen LogP contribution in [0.2, 0.25) is 0 Å². The summed E-state index contributed by atoms with van der Waals surface area (Å²) < 4.78 is 0. The van der Waals surface area contributed by atoms with Gasteiger partial charge in [-0.2, -0.15) is 0 Å². The molecular formula is C23H32N4O2S. The number of H-pyrrole nitrogens is 1. The monoisotopic (exact) mass is 428 g/mol. The lowest BCUT2D eigenvalue weighted by Crippen LogP contribution is -2.41. The van der Waals surface area contributed by atoms with E-state index < -0.39 is 0 Å². The van der Waals surface area contributed by atoms with E-state index in [4.69, 9.17) is 4.98 Å². The molecule has 7 heteroatoms. The predicted molar refractivity (Wildman–Crippen MR) is 120 cm³/mol. The number of thiophene rings is 1. The van der Waals surface area contributed by atoms with Gasteiger partial charge in [-0.3, -0.25) is 14.5 Å². The Morgan fingerprint density at radius 3 is 2.77 bits per heavy atom. The summed E-state index contributed by atoms with van der Waals surface area (Å²) in [4.78, 5) is 38.9. The molecule has 4 rings (SSSR count). The normalized spacial score (nSPS) is 19.0. The molecule has 1 atom stereocenters. The topological polar surface area (TPSA) is 69.3 Å². The smallest absolute Gasteiger partial charge is 0.255 e. The second-order valence-corrected chi connectivity index (χ2v) is 9.93. The molecule has 162 valence electrons. The average molecular weight is 429 g/mol. The highest BCUT2D eigenvalue weighted by atomic mass is 32.1. The molecule has 2 aromatic rings. The number of fused-ring (bicyclic) bond motifs is 1. The number of piperidine rings is 1. The Balaban J connectivity index is 1.41. The third-order valence-corrected chi connectivity index (χ3v) is 7.49. The predicted octanol–water partition coefficient (Wildman–Crippen LogP) is 3.45. The molecule has 0 saturated carbocycles. The second-order valence-electron chi connectivity index (χ2n) is 8.81. The molecule has 1 N–H and O–H groups in total. The number of nitrogens with zero attached hydrogens (tertiary/aromatic N) is 3. The third kappa shape index (κ3) is 4.52. The number of aromatic nitrogens is 2. The maximum absolute atomic E-state index is 12.8. The van der Waals surface area contributed by atoms with E-state index >= 15 is 0 Å². The number of carbonyl (C=O) groups is 1. The number of nitrogens with one attached hydrogen (secondary N) is 1. The number of rotatable bonds is 5. The van der Waals surface area contributed by atoms with Gasteiger partial charge in [0.05, 0.1) is 11.3 Å². The van der Waals surface area contributed by atoms with Crippen LogP contribution in [0.3, 0.4) is 0 Å². The highest BCUT2D eigenvalue weighted by Gasteiger charge is 2.29. The lowest BCUT2D eigenvalue weighted by atomic mass is 9.94. The molecule has 1 amide bonds. The zero-order chi connectivity index (χ0) is 21.3. The fraction of sp³-hybridized carbons (Fsp3) is 0.609. The van der Waals surface area contributed by atoms with Gasteiger partial charge in [0.2, 0.25) is 5.91 Å². The number of aryl methyl sites for hydroxylation is 1. The van der Waals surface area contributed by atoms with Crippen LogP contribution in [0.5, 0.6) is 0 Å². The van der Waals surface area contributed by atoms with E-state index in [1.807, 2.05) is 11.8 Å². The van der Waals surface area contributed by atoms with Crippen molar-refractivity contribution in [1.82, 2.24) is 19.8 Å². The number of aromatic amines is 1. The molecule has 2 aliphatic heterocycles. The Morgan fingerprint density at radius 1 is 1.33 bits per heavy atom. The van der Waals surface area contributed by atoms with E-state index in [-0.39, 0.29) is 23.3 Å². The van der Waals surface area contributed by atoms with Crippen molar-refractivity contribution in [2.24, 2.45) is 5.92 Å². The molecule has 1 saturated heterocycles. The summed E-state index contributed by atoms with van der Waals surface area (Å²) in [6.45, 7) is 10.2. The highest BCUT2D eigenvalue weighted by molar-refractivity contribution is 7.10. The molecule has 1 unspecified atom stereocenters. The van der Waals surface area contributed by atoms with Gasteiger partial charge in [0, 0.05) is 55.9 Å². The SMILES string of the molecule is CCC(C)C(=O)N1CCC(c2nc3c(c(=O)[nH]2)CN(Cc2csc(C)c2)CC3)CC1. The van der Waals surface area contributed by atoms with Crippen molar-refractivity contribution in [1.29, 1.82) is 0 Å². The highest BCUT2D eigenvalue weighted by Crippen LogP contribution is 2.27. The van der Waals surface area contributed by atoms with Crippen LogP contribution in [-0.2, 0) is 24.3 Å². The summed E-state index contributed by atoms with van der Waals surface area (Å²) in [5.41, 5.74) is 3.12. The van der Waals surface area contributed by atoms with Gasteiger partial charge >= 0.3 is 0 Å². The molecule has 30 heavy (non-hydrogen) atoms. The first-order valence-electron chi connectivity index (χ1n) is 11.1. The quantitative estimate of drug-likeness (QED) is 0.792. The van der Waals surface area contributed by atoms with E-state index in [0.717, 1.165) is 68.9 Å². The van der Waals surface area contributed by atoms with Crippen LogP contribution in [-0.4, -0.2) is 45.3 Å². The van der Waals surface area contributed by atoms with Gasteiger partial charge in [0.1, 0.15) is 5.82 Å². The fourth-order valence-electron chi connectivity index (χ4n) is 4.53. The Morgan fingerprint density at radius 2 is 2.10 bits per heavy atom. The van der Waals surface area contributed by atoms with Crippen LogP contribution in [0.1, 0.15) is 66.6 Å². The second kappa shape index (κ2) is 9.02. The zero-order valence-corrected chi connectivity index (χ0v) is 19.1. The van der Waals surface area contributed by atoms with Crippen molar-refractivity contribution in [3.8, 4) is 0 Å². The van der Waals surface area contributed by atoms with E-state index in [1.54, 1.807) is 11.3 Å². The van der Waals surface area contributed by atoms with Crippen molar-refractivity contribution in [2.45, 2.75) is 65.5 Å². The molecule has 4 heterocycles. The molecule has 0 aliphatic carbocycles. The van der Waals surface area contributed by atoms with Crippen molar-refractivity contribution in [3.05, 3.63) is 49.3 Å². The summed E-state index contributed by atoms with van der Waals surface area (Å²) in [7, 11) is 0. The van der Waals surface area contributed by atoms with Crippen LogP contribution in [0.15, 0.2) is 16.2 Å². The largest absolute Gasteiger partial charge is 0.342 e. The number of carbonyl (C=O) groups excluding carboxylic acids is 1. The molecule has 2 aliphatic rings. The van der Waals surface area contributed by atoms with Crippen LogP contribution in [0, 0.1) is 12.8 Å². The van der Waals surface area contributed by atoms with E-state index in [1.165, 1.54) is 10.4 Å². The van der Waals surface area contributed by atoms with Gasteiger partial charge in [-0.1, -0.05) is 13.8 Å². The minimum atomic E-state index is 0.0133. The molecule has 1 fully saturated rings. The number of hydrogen-bond donors (Lipinski definition) is 1. The molecule has 2 aromatic heterocycles. The van der Waals surface area contributed by atoms with Gasteiger partial charge in [-0.25, -0.2) is 4.98 Å². The lowest BCUT2D eigenvalue weighted by molar-refractivity contribution is -0.136. The van der Waals surface area contributed by atoms with Crippen LogP contribution in [0.25, 0.3) is 0 Å². The van der Waals surface area contributed by atoms with E-state index in [0.29, 0.717) is 6.54 Å². The summed E-state index contributed by atoms with van der Waals surface area (Å²) in [5.74, 6) is 1.39. The Hall–Kier alpha value is -1.99. The summed E-state index contributed by atoms with van der Waals surface area (Å²) in [6, 6.07) is 2.23. The van der Waals surface area contributed by atoms with Gasteiger partial charge in [0.25, 0.3) is 5.56 Å². The molecule has 6 nitrogen and oxygen atoms in total. The molecular weight excluding hydrogens is 396 g/mol. The standard InChI is InChI=1S/C23H32N4O2S/c1-4-15(2)23(29)27-9-5-18(6-10-27)21-24-20-7-8-26(13-19(20)22(28)25-21)12-17-11-16(3)30-14-17/h11,14-15,18H,4-10,12-13H2,1-3H3,(H,24,25,28). The average Bonchev–Trinajstić information content (AvgIpc) is 3.17. The molecule has 0 bridgehead atoms. The Bertz CT molecular complexity index is 958. The summed E-state index contributed by atoms with van der Waals surface area (Å²) in [6.07, 6.45) is 3.43. The lowest BCUT2D eigenvalue weighted by Gasteiger charge is -2.33. The Labute approximate surface area is 182 Å². The van der Waals surface area contributed by atoms with Crippen molar-refractivity contribution in [3.63, 3.8) is 0 Å². The number of likely N-dealkylation sites (tertiary alicyclic amines) is 1. The zero-order valence-electron chi connectivity index (χ0n) is 18.2. The number of hydrogen-bond acceptors (Lipinski definition) is 5. The van der Waals surface area contributed by atoms with E-state index in [2.05, 4.69) is 35.2 Å². The minimum Gasteiger partial charge on any atom is -0.342 e. The minimum absolute atomic E-state index is 0.0133. The Kier molecular flexibility index (Phi) is 6.39. The van der Waals surface area contributed by atoms with Crippen molar-refractivity contribution in [2.75, 3.05) is 19.6 Å². The van der Waals surface area contributed by atoms with Crippen molar-refractivity contribution >= 4 is 17.2 Å². The maximum atomic E-state index is 12.8. The van der Waals surface area contributed by atoms with Crippen LogP contribution < -0.4 is 5.56 Å². The van der Waals surface area contributed by atoms with Crippen LogP contribution >= 0.6 is 11.3 Å². The first-order valence-corrected chi connectivity index (χ1v) is 12.0. The maximum Gasteiger partial charge on any atom is 0.255 e. The van der Waals surface area contributed by atoms with Crippen molar-refractivity contribution < 1.29 is 4.79 Å². The summed E-state index contributed by atoms with van der Waals surface area (Å²) >= 11 is 1.77. The summed E-state index contributed by atoms with van der Waals surface area (Å²) in [5, 5.41) is 2.20. The molecule has 0 spiro atoms. The van der Waals surface area contributed by atoms with Gasteiger partial charge in [0.15, 0.2) is 0 Å².